The second kappa shape index (κ2) is 25.3. The Morgan fingerprint density at radius 2 is 1.45 bits per heavy atom. The first-order valence-electron chi connectivity index (χ1n) is 17.1. The Bertz CT molecular complexity index is 1260. The Kier molecular flexibility index (Phi) is 23.2. The molecule has 0 aliphatic carbocycles. The van der Waals surface area contributed by atoms with E-state index in [1.807, 2.05) is 26.0 Å². The number of allylic oxidation sites excluding steroid dienone is 1. The first kappa shape index (κ1) is 43.2. The number of unbranched alkanes of at least 4 members (excludes halogenated alkanes) is 1. The smallest absolute Gasteiger partial charge is 0.347 e. The van der Waals surface area contributed by atoms with Crippen molar-refractivity contribution in [2.24, 2.45) is 0 Å². The van der Waals surface area contributed by atoms with E-state index in [0.29, 0.717) is 11.8 Å². The molecule has 3 aromatic rings. The van der Waals surface area contributed by atoms with E-state index in [1.54, 1.807) is 18.3 Å². The normalized spacial score (nSPS) is 10.8. The average Bonchev–Trinajstić information content (AvgIpc) is 3.03. The van der Waals surface area contributed by atoms with Crippen molar-refractivity contribution in [2.75, 3.05) is 13.6 Å². The molecule has 260 valence electrons. The quantitative estimate of drug-likeness (QED) is 0.113. The molecule has 3 aromatic carbocycles. The van der Waals surface area contributed by atoms with Crippen molar-refractivity contribution in [3.63, 3.8) is 0 Å². The molecule has 0 amide bonds. The summed E-state index contributed by atoms with van der Waals surface area (Å²) in [6.45, 7) is 23.6. The molecule has 0 saturated carbocycles. The number of hydrogen-bond donors (Lipinski definition) is 3. The summed E-state index contributed by atoms with van der Waals surface area (Å²) < 4.78 is 5.41. The lowest BCUT2D eigenvalue weighted by atomic mass is 9.97. The minimum Gasteiger partial charge on any atom is -0.478 e. The van der Waals surface area contributed by atoms with Crippen molar-refractivity contribution >= 4 is 5.97 Å². The van der Waals surface area contributed by atoms with E-state index in [2.05, 4.69) is 107 Å². The molecule has 1 unspecified atom stereocenters. The maximum absolute atomic E-state index is 10.9. The highest BCUT2D eigenvalue weighted by Gasteiger charge is 2.29. The van der Waals surface area contributed by atoms with Gasteiger partial charge in [-0.2, -0.15) is 0 Å². The minimum atomic E-state index is -1.22. The Hall–Kier alpha value is -3.83. The summed E-state index contributed by atoms with van der Waals surface area (Å²) in [5, 5.41) is 15.4. The standard InChI is InChI=1S/C21H29N.C14H19NO3.C4H8.C3H8/c1-4-5-10-21(22-3)20-15-12-18(13-16-20)11-14-19-9-7-6-8-17(19)2;1-4-15-10-9-11-5-7-12(8-6-11)18-14(2,3)13(16)17;1-4(2)3;1-3-2/h6-9,12-13,15-16,21-22H,4-5,10-11,14H2,1-3H3;4-8,15H,1,9-10H2,2-3H3,(H,16,17);1H2,2-3H3;3H2,1-2H3. The highest BCUT2D eigenvalue weighted by Crippen LogP contribution is 2.21. The molecular weight excluding hydrogens is 580 g/mol. The van der Waals surface area contributed by atoms with Gasteiger partial charge in [0.05, 0.1) is 0 Å². The first-order chi connectivity index (χ1) is 22.3. The number of benzene rings is 3. The lowest BCUT2D eigenvalue weighted by Gasteiger charge is -2.21. The highest BCUT2D eigenvalue weighted by molar-refractivity contribution is 5.76. The van der Waals surface area contributed by atoms with Crippen LogP contribution in [0.3, 0.4) is 0 Å². The van der Waals surface area contributed by atoms with Crippen LogP contribution in [-0.4, -0.2) is 30.3 Å². The summed E-state index contributed by atoms with van der Waals surface area (Å²) in [5.74, 6) is -0.426. The van der Waals surface area contributed by atoms with Gasteiger partial charge in [0.2, 0.25) is 0 Å². The monoisotopic (exact) mass is 644 g/mol. The van der Waals surface area contributed by atoms with Crippen LogP contribution in [0.2, 0.25) is 0 Å². The molecule has 0 bridgehead atoms. The molecule has 0 aliphatic rings. The summed E-state index contributed by atoms with van der Waals surface area (Å²) in [6.07, 6.45) is 9.78. The van der Waals surface area contributed by atoms with Crippen LogP contribution in [0, 0.1) is 6.92 Å². The Morgan fingerprint density at radius 3 is 1.94 bits per heavy atom. The fraction of sp³-hybridized carbons (Fsp3) is 0.452. The molecular formula is C42H64N2O3. The summed E-state index contributed by atoms with van der Waals surface area (Å²) >= 11 is 0. The van der Waals surface area contributed by atoms with Gasteiger partial charge >= 0.3 is 5.97 Å². The van der Waals surface area contributed by atoms with E-state index >= 15 is 0 Å². The number of aliphatic carboxylic acids is 1. The van der Waals surface area contributed by atoms with Gasteiger partial charge in [0, 0.05) is 12.6 Å². The summed E-state index contributed by atoms with van der Waals surface area (Å²) in [5.41, 5.74) is 6.81. The van der Waals surface area contributed by atoms with Crippen molar-refractivity contribution in [1.82, 2.24) is 10.6 Å². The Morgan fingerprint density at radius 1 is 0.915 bits per heavy atom. The zero-order valence-electron chi connectivity index (χ0n) is 30.9. The molecule has 0 aliphatic heterocycles. The third-order valence-electron chi connectivity index (χ3n) is 7.03. The zero-order chi connectivity index (χ0) is 35.7. The number of nitrogens with one attached hydrogen (secondary N) is 2. The van der Waals surface area contributed by atoms with Gasteiger partial charge in [0.25, 0.3) is 0 Å². The maximum Gasteiger partial charge on any atom is 0.347 e. The Balaban J connectivity index is 0.000000762. The van der Waals surface area contributed by atoms with Crippen LogP contribution < -0.4 is 15.4 Å². The number of carboxylic acids is 1. The van der Waals surface area contributed by atoms with Crippen molar-refractivity contribution in [1.29, 1.82) is 0 Å². The third-order valence-corrected chi connectivity index (χ3v) is 7.03. The van der Waals surface area contributed by atoms with Gasteiger partial charge in [0.15, 0.2) is 5.60 Å². The first-order valence-corrected chi connectivity index (χ1v) is 17.1. The molecule has 47 heavy (non-hydrogen) atoms. The topological polar surface area (TPSA) is 70.6 Å². The largest absolute Gasteiger partial charge is 0.478 e. The number of rotatable bonds is 15. The van der Waals surface area contributed by atoms with Crippen LogP contribution in [0.1, 0.15) is 108 Å². The van der Waals surface area contributed by atoms with Crippen LogP contribution >= 0.6 is 0 Å². The van der Waals surface area contributed by atoms with Gasteiger partial charge in [-0.25, -0.2) is 4.79 Å². The minimum absolute atomic E-state index is 0.491. The fourth-order valence-corrected chi connectivity index (χ4v) is 4.35. The molecule has 0 heterocycles. The van der Waals surface area contributed by atoms with E-state index in [-0.39, 0.29) is 0 Å². The molecule has 3 N–H and O–H groups in total. The number of ether oxygens (including phenoxy) is 1. The second-order valence-corrected chi connectivity index (χ2v) is 12.5. The average molecular weight is 645 g/mol. The molecule has 0 radical (unpaired) electrons. The van der Waals surface area contributed by atoms with Crippen molar-refractivity contribution in [3.05, 3.63) is 126 Å². The van der Waals surface area contributed by atoms with E-state index in [9.17, 15) is 4.79 Å². The number of carbonyl (C=O) groups is 1. The van der Waals surface area contributed by atoms with Crippen molar-refractivity contribution < 1.29 is 14.6 Å². The van der Waals surface area contributed by atoms with Crippen molar-refractivity contribution in [2.45, 2.75) is 112 Å². The molecule has 0 spiro atoms. The van der Waals surface area contributed by atoms with E-state index < -0.39 is 11.6 Å². The highest BCUT2D eigenvalue weighted by atomic mass is 16.5. The third kappa shape index (κ3) is 20.1. The van der Waals surface area contributed by atoms with Crippen LogP contribution in [0.5, 0.6) is 5.75 Å². The number of carboxylic acid groups (broad SMARTS) is 1. The van der Waals surface area contributed by atoms with E-state index in [4.69, 9.17) is 9.84 Å². The summed E-state index contributed by atoms with van der Waals surface area (Å²) in [6, 6.07) is 25.8. The van der Waals surface area contributed by atoms with Crippen molar-refractivity contribution in [3.8, 4) is 5.75 Å². The van der Waals surface area contributed by atoms with E-state index in [1.165, 1.54) is 67.4 Å². The van der Waals surface area contributed by atoms with Crippen LogP contribution in [0.15, 0.2) is 97.7 Å². The molecule has 5 heteroatoms. The van der Waals surface area contributed by atoms with Gasteiger partial charge in [-0.15, -0.1) is 6.58 Å². The zero-order valence-corrected chi connectivity index (χ0v) is 30.9. The fourth-order valence-electron chi connectivity index (χ4n) is 4.35. The lowest BCUT2D eigenvalue weighted by Crippen LogP contribution is -2.37. The molecule has 3 rings (SSSR count). The molecule has 0 fully saturated rings. The summed E-state index contributed by atoms with van der Waals surface area (Å²) in [4.78, 5) is 10.9. The molecule has 0 saturated heterocycles. The SMILES string of the molecule is C=C(C)C.C=CNCCc1ccc(OC(C)(C)C(=O)O)cc1.CCC.CCCCC(NC)c1ccc(CCc2ccccc2C)cc1. The predicted octanol–water partition coefficient (Wildman–Crippen LogP) is 10.4. The lowest BCUT2D eigenvalue weighted by molar-refractivity contribution is -0.152. The van der Waals surface area contributed by atoms with Gasteiger partial charge in [-0.1, -0.05) is 113 Å². The van der Waals surface area contributed by atoms with Crippen LogP contribution in [-0.2, 0) is 24.1 Å². The van der Waals surface area contributed by atoms with Crippen LogP contribution in [0.25, 0.3) is 0 Å². The number of aryl methyl sites for hydroxylation is 3. The predicted molar refractivity (Wildman–Crippen MR) is 203 cm³/mol. The molecule has 0 aromatic heterocycles. The number of hydrogen-bond acceptors (Lipinski definition) is 4. The Labute approximate surface area is 287 Å². The second-order valence-electron chi connectivity index (χ2n) is 12.5. The summed E-state index contributed by atoms with van der Waals surface area (Å²) in [7, 11) is 2.06. The van der Waals surface area contributed by atoms with Crippen LogP contribution in [0.4, 0.5) is 0 Å². The van der Waals surface area contributed by atoms with Gasteiger partial charge < -0.3 is 20.5 Å². The molecule has 1 atom stereocenters. The van der Waals surface area contributed by atoms with E-state index in [0.717, 1.165) is 31.4 Å². The van der Waals surface area contributed by atoms with Gasteiger partial charge in [-0.3, -0.25) is 0 Å². The maximum atomic E-state index is 10.9. The van der Waals surface area contributed by atoms with Gasteiger partial charge in [0.1, 0.15) is 5.75 Å². The van der Waals surface area contributed by atoms with Gasteiger partial charge in [-0.05, 0) is 113 Å². The molecule has 5 nitrogen and oxygen atoms in total.